The highest BCUT2D eigenvalue weighted by atomic mass is 35.5. The van der Waals surface area contributed by atoms with Crippen LogP contribution in [0.5, 0.6) is 0 Å². The fourth-order valence-electron chi connectivity index (χ4n) is 1.38. The number of carbonyl (C=O) groups is 1. The van der Waals surface area contributed by atoms with E-state index in [0.29, 0.717) is 17.0 Å². The molecule has 0 aliphatic heterocycles. The maximum absolute atomic E-state index is 11.7. The fourth-order valence-corrected chi connectivity index (χ4v) is 1.59. The zero-order valence-electron chi connectivity index (χ0n) is 9.74. The van der Waals surface area contributed by atoms with E-state index >= 15 is 0 Å². The minimum absolute atomic E-state index is 0.0337. The van der Waals surface area contributed by atoms with Gasteiger partial charge in [0, 0.05) is 11.8 Å². The number of ether oxygens (including phenoxy) is 1. The predicted octanol–water partition coefficient (Wildman–Crippen LogP) is 2.28. The number of halogens is 1. The van der Waals surface area contributed by atoms with E-state index in [-0.39, 0.29) is 10.8 Å². The largest absolute Gasteiger partial charge is 0.465 e. The van der Waals surface area contributed by atoms with Crippen molar-refractivity contribution in [3.05, 3.63) is 28.3 Å². The highest BCUT2D eigenvalue weighted by molar-refractivity contribution is 6.28. The van der Waals surface area contributed by atoms with E-state index in [2.05, 4.69) is 14.7 Å². The number of esters is 1. The van der Waals surface area contributed by atoms with Crippen molar-refractivity contribution in [3.63, 3.8) is 0 Å². The lowest BCUT2D eigenvalue weighted by molar-refractivity contribution is 0.0598. The summed E-state index contributed by atoms with van der Waals surface area (Å²) in [7, 11) is 1.28. The standard InChI is InChI=1S/C11H12ClN3O2/c1-4-7(5-13)9-8(10(16)17-3)6(2)14-11(12)15-9/h4-5,13H,1-3H3/b7-4+,13-5?. The molecule has 0 aliphatic carbocycles. The van der Waals surface area contributed by atoms with Crippen molar-refractivity contribution < 1.29 is 9.53 Å². The van der Waals surface area contributed by atoms with Gasteiger partial charge in [-0.05, 0) is 25.4 Å². The molecule has 0 amide bonds. The summed E-state index contributed by atoms with van der Waals surface area (Å²) < 4.78 is 4.67. The second-order valence-electron chi connectivity index (χ2n) is 3.18. The number of carbonyl (C=O) groups excluding carboxylic acids is 1. The van der Waals surface area contributed by atoms with E-state index in [1.807, 2.05) is 0 Å². The van der Waals surface area contributed by atoms with Gasteiger partial charge in [-0.1, -0.05) is 6.08 Å². The number of rotatable bonds is 3. The second-order valence-corrected chi connectivity index (χ2v) is 3.52. The summed E-state index contributed by atoms with van der Waals surface area (Å²) in [4.78, 5) is 19.5. The van der Waals surface area contributed by atoms with Crippen molar-refractivity contribution in [1.82, 2.24) is 9.97 Å². The monoisotopic (exact) mass is 253 g/mol. The number of nitrogens with zero attached hydrogens (tertiary/aromatic N) is 2. The summed E-state index contributed by atoms with van der Waals surface area (Å²) in [6.45, 7) is 3.38. The zero-order valence-corrected chi connectivity index (χ0v) is 10.5. The van der Waals surface area contributed by atoms with Crippen molar-refractivity contribution in [2.24, 2.45) is 0 Å². The first kappa shape index (κ1) is 13.3. The summed E-state index contributed by atoms with van der Waals surface area (Å²) in [6, 6.07) is 0. The molecule has 0 spiro atoms. The third-order valence-electron chi connectivity index (χ3n) is 2.19. The molecule has 1 N–H and O–H groups in total. The molecule has 1 heterocycles. The number of methoxy groups -OCH3 is 1. The Morgan fingerprint density at radius 2 is 2.12 bits per heavy atom. The summed E-state index contributed by atoms with van der Waals surface area (Å²) >= 11 is 5.75. The van der Waals surface area contributed by atoms with Crippen LogP contribution in [0.1, 0.15) is 28.7 Å². The fraction of sp³-hybridized carbons (Fsp3) is 0.273. The molecule has 0 atom stereocenters. The van der Waals surface area contributed by atoms with Gasteiger partial charge in [0.15, 0.2) is 0 Å². The molecule has 0 aliphatic rings. The minimum Gasteiger partial charge on any atom is -0.465 e. The Kier molecular flexibility index (Phi) is 4.34. The summed E-state index contributed by atoms with van der Waals surface area (Å²) in [5.41, 5.74) is 1.45. The summed E-state index contributed by atoms with van der Waals surface area (Å²) in [6.07, 6.45) is 2.77. The predicted molar refractivity (Wildman–Crippen MR) is 65.6 cm³/mol. The van der Waals surface area contributed by atoms with Gasteiger partial charge in [0.2, 0.25) is 5.28 Å². The SMILES string of the molecule is C/C=C(\C=N)c1nc(Cl)nc(C)c1C(=O)OC. The Bertz CT molecular complexity index is 498. The van der Waals surface area contributed by atoms with Gasteiger partial charge >= 0.3 is 5.97 Å². The topological polar surface area (TPSA) is 75.9 Å². The molecule has 0 bridgehead atoms. The highest BCUT2D eigenvalue weighted by Crippen LogP contribution is 2.20. The van der Waals surface area contributed by atoms with Gasteiger partial charge in [-0.2, -0.15) is 0 Å². The van der Waals surface area contributed by atoms with Crippen LogP contribution in [0.4, 0.5) is 0 Å². The molecule has 0 saturated heterocycles. The Morgan fingerprint density at radius 1 is 1.47 bits per heavy atom. The van der Waals surface area contributed by atoms with Crippen molar-refractivity contribution in [2.75, 3.05) is 7.11 Å². The van der Waals surface area contributed by atoms with Crippen molar-refractivity contribution >= 4 is 29.4 Å². The molecule has 0 saturated carbocycles. The number of aryl methyl sites for hydroxylation is 1. The van der Waals surface area contributed by atoms with Crippen LogP contribution in [0, 0.1) is 12.3 Å². The summed E-state index contributed by atoms with van der Waals surface area (Å²) in [5.74, 6) is -0.546. The molecule has 1 aromatic heterocycles. The first-order valence-corrected chi connectivity index (χ1v) is 5.22. The van der Waals surface area contributed by atoms with Crippen LogP contribution in [-0.2, 0) is 4.74 Å². The minimum atomic E-state index is -0.546. The van der Waals surface area contributed by atoms with E-state index in [9.17, 15) is 4.79 Å². The third-order valence-corrected chi connectivity index (χ3v) is 2.36. The van der Waals surface area contributed by atoms with E-state index in [0.717, 1.165) is 6.21 Å². The zero-order chi connectivity index (χ0) is 13.0. The van der Waals surface area contributed by atoms with Crippen molar-refractivity contribution in [3.8, 4) is 0 Å². The second kappa shape index (κ2) is 5.54. The maximum atomic E-state index is 11.7. The normalized spacial score (nSPS) is 11.2. The maximum Gasteiger partial charge on any atom is 0.341 e. The smallest absolute Gasteiger partial charge is 0.341 e. The third kappa shape index (κ3) is 2.68. The van der Waals surface area contributed by atoms with Gasteiger partial charge in [-0.25, -0.2) is 14.8 Å². The Balaban J connectivity index is 3.56. The Morgan fingerprint density at radius 3 is 2.59 bits per heavy atom. The quantitative estimate of drug-likeness (QED) is 0.509. The number of hydrogen-bond donors (Lipinski definition) is 1. The Labute approximate surface area is 104 Å². The molecule has 0 fully saturated rings. The van der Waals surface area contributed by atoms with Gasteiger partial charge in [-0.3, -0.25) is 0 Å². The van der Waals surface area contributed by atoms with E-state index < -0.39 is 5.97 Å². The lowest BCUT2D eigenvalue weighted by atomic mass is 10.1. The number of aromatic nitrogens is 2. The lowest BCUT2D eigenvalue weighted by Crippen LogP contribution is -2.12. The molecule has 17 heavy (non-hydrogen) atoms. The van der Waals surface area contributed by atoms with Gasteiger partial charge in [0.05, 0.1) is 18.5 Å². The number of allylic oxidation sites excluding steroid dienone is 2. The number of nitrogens with one attached hydrogen (secondary N) is 1. The highest BCUT2D eigenvalue weighted by Gasteiger charge is 2.20. The van der Waals surface area contributed by atoms with Gasteiger partial charge in [-0.15, -0.1) is 0 Å². The average Bonchev–Trinajstić information content (AvgIpc) is 2.29. The Hall–Kier alpha value is -1.75. The van der Waals surface area contributed by atoms with Crippen molar-refractivity contribution in [1.29, 1.82) is 5.41 Å². The molecular weight excluding hydrogens is 242 g/mol. The lowest BCUT2D eigenvalue weighted by Gasteiger charge is -2.09. The van der Waals surface area contributed by atoms with Crippen LogP contribution in [-0.4, -0.2) is 29.3 Å². The molecule has 5 nitrogen and oxygen atoms in total. The van der Waals surface area contributed by atoms with Crippen LogP contribution < -0.4 is 0 Å². The van der Waals surface area contributed by atoms with Crippen LogP contribution in [0.25, 0.3) is 5.57 Å². The number of hydrogen-bond acceptors (Lipinski definition) is 5. The van der Waals surface area contributed by atoms with Crippen LogP contribution >= 0.6 is 11.6 Å². The van der Waals surface area contributed by atoms with E-state index in [1.54, 1.807) is 19.9 Å². The molecule has 0 unspecified atom stereocenters. The van der Waals surface area contributed by atoms with Crippen LogP contribution in [0.15, 0.2) is 6.08 Å². The molecule has 1 aromatic rings. The van der Waals surface area contributed by atoms with Crippen LogP contribution in [0.2, 0.25) is 5.28 Å². The first-order valence-electron chi connectivity index (χ1n) is 4.84. The molecule has 6 heteroatoms. The molecule has 0 radical (unpaired) electrons. The van der Waals surface area contributed by atoms with E-state index in [1.165, 1.54) is 7.11 Å². The first-order chi connectivity index (χ1) is 8.04. The van der Waals surface area contributed by atoms with Crippen LogP contribution in [0.3, 0.4) is 0 Å². The van der Waals surface area contributed by atoms with Crippen molar-refractivity contribution in [2.45, 2.75) is 13.8 Å². The molecular formula is C11H12ClN3O2. The van der Waals surface area contributed by atoms with E-state index in [4.69, 9.17) is 17.0 Å². The molecule has 0 aromatic carbocycles. The molecule has 1 rings (SSSR count). The van der Waals surface area contributed by atoms with Gasteiger partial charge in [0.1, 0.15) is 5.56 Å². The van der Waals surface area contributed by atoms with Gasteiger partial charge < -0.3 is 10.1 Å². The molecule has 90 valence electrons. The summed E-state index contributed by atoms with van der Waals surface area (Å²) in [5, 5.41) is 7.32. The average molecular weight is 254 g/mol. The van der Waals surface area contributed by atoms with Gasteiger partial charge in [0.25, 0.3) is 0 Å².